The van der Waals surface area contributed by atoms with Gasteiger partial charge in [0.1, 0.15) is 5.82 Å². The van der Waals surface area contributed by atoms with E-state index in [1.807, 2.05) is 0 Å². The number of alkyl halides is 1. The molecular weight excluding hydrogens is 317 g/mol. The summed E-state index contributed by atoms with van der Waals surface area (Å²) in [4.78, 5) is 0. The molecule has 2 aromatic carbocycles. The van der Waals surface area contributed by atoms with Gasteiger partial charge >= 0.3 is 0 Å². The lowest BCUT2D eigenvalue weighted by Gasteiger charge is -2.09. The number of benzene rings is 2. The van der Waals surface area contributed by atoms with Crippen molar-refractivity contribution in [3.05, 3.63) is 56.8 Å². The summed E-state index contributed by atoms with van der Waals surface area (Å²) >= 11 is 23.7. The minimum Gasteiger partial charge on any atom is -0.207 e. The van der Waals surface area contributed by atoms with Gasteiger partial charge in [-0.3, -0.25) is 0 Å². The van der Waals surface area contributed by atoms with Crippen LogP contribution in [0.3, 0.4) is 0 Å². The first-order valence-corrected chi connectivity index (χ1v) is 6.69. The van der Waals surface area contributed by atoms with Gasteiger partial charge in [-0.2, -0.15) is 0 Å². The fourth-order valence-electron chi connectivity index (χ4n) is 1.61. The molecule has 0 unspecified atom stereocenters. The summed E-state index contributed by atoms with van der Waals surface area (Å²) < 4.78 is 13.4. The van der Waals surface area contributed by atoms with Crippen LogP contribution in [0.4, 0.5) is 4.39 Å². The third-order valence-corrected chi connectivity index (χ3v) is 3.80. The second-order valence-electron chi connectivity index (χ2n) is 3.69. The average molecular weight is 324 g/mol. The molecule has 2 aromatic rings. The van der Waals surface area contributed by atoms with E-state index < -0.39 is 0 Å². The molecule has 0 fully saturated rings. The number of hydrogen-bond acceptors (Lipinski definition) is 0. The predicted octanol–water partition coefficient (Wildman–Crippen LogP) is 6.19. The number of halogens is 5. The molecule has 0 aromatic heterocycles. The second kappa shape index (κ2) is 5.66. The van der Waals surface area contributed by atoms with Crippen molar-refractivity contribution >= 4 is 46.4 Å². The zero-order valence-electron chi connectivity index (χ0n) is 8.98. The number of hydrogen-bond donors (Lipinski definition) is 0. The Morgan fingerprint density at radius 2 is 1.72 bits per heavy atom. The molecule has 94 valence electrons. The van der Waals surface area contributed by atoms with Crippen LogP contribution >= 0.6 is 46.4 Å². The van der Waals surface area contributed by atoms with Gasteiger partial charge in [-0.15, -0.1) is 11.6 Å². The normalized spacial score (nSPS) is 10.7. The largest absolute Gasteiger partial charge is 0.207 e. The van der Waals surface area contributed by atoms with Crippen LogP contribution < -0.4 is 0 Å². The van der Waals surface area contributed by atoms with Crippen LogP contribution in [0.5, 0.6) is 0 Å². The fourth-order valence-corrected chi connectivity index (χ4v) is 2.53. The van der Waals surface area contributed by atoms with E-state index in [1.165, 1.54) is 6.07 Å². The SMILES string of the molecule is Fc1ccc(-c2cc(Cl)cc(Cl)c2Cl)cc1CCl. The third kappa shape index (κ3) is 2.75. The van der Waals surface area contributed by atoms with Crippen molar-refractivity contribution in [2.45, 2.75) is 5.88 Å². The van der Waals surface area contributed by atoms with Gasteiger partial charge in [0.15, 0.2) is 0 Å². The average Bonchev–Trinajstić information content (AvgIpc) is 2.34. The van der Waals surface area contributed by atoms with Gasteiger partial charge < -0.3 is 0 Å². The van der Waals surface area contributed by atoms with Crippen molar-refractivity contribution < 1.29 is 4.39 Å². The first-order chi connectivity index (χ1) is 8.52. The molecule has 0 aliphatic rings. The lowest BCUT2D eigenvalue weighted by atomic mass is 10.0. The summed E-state index contributed by atoms with van der Waals surface area (Å²) in [6.45, 7) is 0. The lowest BCUT2D eigenvalue weighted by Crippen LogP contribution is -1.89. The van der Waals surface area contributed by atoms with E-state index in [9.17, 15) is 4.39 Å². The van der Waals surface area contributed by atoms with Crippen LogP contribution in [-0.2, 0) is 5.88 Å². The molecule has 0 nitrogen and oxygen atoms in total. The monoisotopic (exact) mass is 322 g/mol. The molecule has 0 aliphatic carbocycles. The quantitative estimate of drug-likeness (QED) is 0.456. The molecule has 0 heterocycles. The Kier molecular flexibility index (Phi) is 4.39. The van der Waals surface area contributed by atoms with Gasteiger partial charge in [-0.1, -0.05) is 40.9 Å². The summed E-state index contributed by atoms with van der Waals surface area (Å²) in [7, 11) is 0. The molecule has 0 N–H and O–H groups in total. The van der Waals surface area contributed by atoms with Gasteiger partial charge in [-0.25, -0.2) is 4.39 Å². The molecular formula is C13H7Cl4F. The highest BCUT2D eigenvalue weighted by Crippen LogP contribution is 2.37. The molecule has 0 saturated heterocycles. The Morgan fingerprint density at radius 3 is 2.39 bits per heavy atom. The first kappa shape index (κ1) is 14.0. The highest BCUT2D eigenvalue weighted by Gasteiger charge is 2.11. The molecule has 0 atom stereocenters. The Balaban J connectivity index is 2.62. The summed E-state index contributed by atoms with van der Waals surface area (Å²) in [5.41, 5.74) is 1.78. The maximum absolute atomic E-state index is 13.4. The summed E-state index contributed by atoms with van der Waals surface area (Å²) in [6, 6.07) is 7.83. The van der Waals surface area contributed by atoms with Crippen LogP contribution in [0.1, 0.15) is 5.56 Å². The molecule has 2 rings (SSSR count). The zero-order chi connectivity index (χ0) is 13.3. The van der Waals surface area contributed by atoms with Gasteiger partial charge in [-0.05, 0) is 29.8 Å². The van der Waals surface area contributed by atoms with Gasteiger partial charge in [0.25, 0.3) is 0 Å². The molecule has 0 bridgehead atoms. The van der Waals surface area contributed by atoms with Crippen molar-refractivity contribution in [3.63, 3.8) is 0 Å². The molecule has 0 amide bonds. The van der Waals surface area contributed by atoms with Crippen LogP contribution in [-0.4, -0.2) is 0 Å². The summed E-state index contributed by atoms with van der Waals surface area (Å²) in [5, 5.41) is 1.21. The topological polar surface area (TPSA) is 0 Å². The van der Waals surface area contributed by atoms with E-state index >= 15 is 0 Å². The Morgan fingerprint density at radius 1 is 1.00 bits per heavy atom. The van der Waals surface area contributed by atoms with E-state index in [0.29, 0.717) is 26.2 Å². The fraction of sp³-hybridized carbons (Fsp3) is 0.0769. The molecule has 0 aliphatic heterocycles. The van der Waals surface area contributed by atoms with E-state index in [2.05, 4.69) is 0 Å². The smallest absolute Gasteiger partial charge is 0.127 e. The van der Waals surface area contributed by atoms with Crippen LogP contribution in [0.25, 0.3) is 11.1 Å². The maximum Gasteiger partial charge on any atom is 0.127 e. The summed E-state index contributed by atoms with van der Waals surface area (Å²) in [5.74, 6) is -0.260. The van der Waals surface area contributed by atoms with Crippen molar-refractivity contribution in [2.75, 3.05) is 0 Å². The first-order valence-electron chi connectivity index (χ1n) is 5.02. The summed E-state index contributed by atoms with van der Waals surface area (Å²) in [6.07, 6.45) is 0. The van der Waals surface area contributed by atoms with Crippen LogP contribution in [0.2, 0.25) is 15.1 Å². The Hall–Kier alpha value is -0.470. The second-order valence-corrected chi connectivity index (χ2v) is 5.18. The molecule has 0 radical (unpaired) electrons. The van der Waals surface area contributed by atoms with E-state index in [4.69, 9.17) is 46.4 Å². The van der Waals surface area contributed by atoms with Gasteiger partial charge in [0, 0.05) is 16.1 Å². The third-order valence-electron chi connectivity index (χ3n) is 2.49. The van der Waals surface area contributed by atoms with Crippen LogP contribution in [0, 0.1) is 5.82 Å². The molecule has 0 saturated carbocycles. The predicted molar refractivity (Wildman–Crippen MR) is 76.4 cm³/mol. The standard InChI is InChI=1S/C13H7Cl4F/c14-6-8-3-7(1-2-12(8)18)10-4-9(15)5-11(16)13(10)17/h1-5H,6H2. The van der Waals surface area contributed by atoms with Crippen molar-refractivity contribution in [2.24, 2.45) is 0 Å². The van der Waals surface area contributed by atoms with E-state index in [0.717, 1.165) is 5.56 Å². The van der Waals surface area contributed by atoms with Gasteiger partial charge in [0.05, 0.1) is 15.9 Å². The van der Waals surface area contributed by atoms with Crippen molar-refractivity contribution in [1.82, 2.24) is 0 Å². The molecule has 5 heteroatoms. The highest BCUT2D eigenvalue weighted by atomic mass is 35.5. The zero-order valence-corrected chi connectivity index (χ0v) is 12.0. The van der Waals surface area contributed by atoms with Gasteiger partial charge in [0.2, 0.25) is 0 Å². The molecule has 0 spiro atoms. The van der Waals surface area contributed by atoms with E-state index in [1.54, 1.807) is 24.3 Å². The highest BCUT2D eigenvalue weighted by molar-refractivity contribution is 6.45. The Bertz CT molecular complexity index is 596. The van der Waals surface area contributed by atoms with E-state index in [-0.39, 0.29) is 11.7 Å². The minimum absolute atomic E-state index is 0.0889. The lowest BCUT2D eigenvalue weighted by molar-refractivity contribution is 0.617. The maximum atomic E-state index is 13.4. The Labute approximate surface area is 124 Å². The molecule has 18 heavy (non-hydrogen) atoms. The number of rotatable bonds is 2. The minimum atomic E-state index is -0.349. The van der Waals surface area contributed by atoms with Crippen molar-refractivity contribution in [3.8, 4) is 11.1 Å². The van der Waals surface area contributed by atoms with Crippen molar-refractivity contribution in [1.29, 1.82) is 0 Å². The van der Waals surface area contributed by atoms with Crippen LogP contribution in [0.15, 0.2) is 30.3 Å².